The van der Waals surface area contributed by atoms with Gasteiger partial charge in [0.15, 0.2) is 5.01 Å². The molecule has 0 spiro atoms. The third kappa shape index (κ3) is 3.62. The molecule has 3 nitrogen and oxygen atoms in total. The van der Waals surface area contributed by atoms with E-state index in [1.165, 1.54) is 14.2 Å². The molecule has 19 heavy (non-hydrogen) atoms. The first-order chi connectivity index (χ1) is 9.15. The second-order valence-electron chi connectivity index (χ2n) is 4.43. The van der Waals surface area contributed by atoms with Crippen LogP contribution in [0.15, 0.2) is 9.85 Å². The van der Waals surface area contributed by atoms with Gasteiger partial charge >= 0.3 is 0 Å². The number of nitrogens with zero attached hydrogens (tertiary/aromatic N) is 2. The van der Waals surface area contributed by atoms with Crippen LogP contribution in [0.5, 0.6) is 0 Å². The summed E-state index contributed by atoms with van der Waals surface area (Å²) in [6.07, 6.45) is 2.18. The monoisotopic (exact) mass is 359 g/mol. The molecular weight excluding hydrogens is 342 g/mol. The summed E-state index contributed by atoms with van der Waals surface area (Å²) in [5.41, 5.74) is 1.26. The fourth-order valence-corrected chi connectivity index (χ4v) is 4.34. The van der Waals surface area contributed by atoms with Gasteiger partial charge in [-0.3, -0.25) is 0 Å². The Morgan fingerprint density at radius 1 is 1.32 bits per heavy atom. The molecule has 104 valence electrons. The van der Waals surface area contributed by atoms with Gasteiger partial charge in [0.05, 0.1) is 14.7 Å². The van der Waals surface area contributed by atoms with Crippen LogP contribution in [0.2, 0.25) is 0 Å². The molecular formula is C13H18BrN3S2. The SMILES string of the molecule is CCCNC(CC)c1nnc(-c2cc(C)c(Br)s2)s1. The van der Waals surface area contributed by atoms with Crippen LogP contribution >= 0.6 is 38.6 Å². The van der Waals surface area contributed by atoms with Gasteiger partial charge in [0.25, 0.3) is 0 Å². The lowest BCUT2D eigenvalue weighted by molar-refractivity contribution is 0.513. The Morgan fingerprint density at radius 2 is 2.11 bits per heavy atom. The Morgan fingerprint density at radius 3 is 2.68 bits per heavy atom. The summed E-state index contributed by atoms with van der Waals surface area (Å²) in [6, 6.07) is 2.50. The maximum atomic E-state index is 4.35. The fourth-order valence-electron chi connectivity index (χ4n) is 1.77. The minimum absolute atomic E-state index is 0.329. The van der Waals surface area contributed by atoms with E-state index in [-0.39, 0.29) is 0 Å². The Balaban J connectivity index is 2.17. The standard InChI is InChI=1S/C13H18BrN3S2/c1-4-6-15-9(5-2)12-16-17-13(19-12)10-7-8(3)11(14)18-10/h7,9,15H,4-6H2,1-3H3. The van der Waals surface area contributed by atoms with Gasteiger partial charge in [-0.05, 0) is 53.9 Å². The van der Waals surface area contributed by atoms with E-state index in [2.05, 4.69) is 58.3 Å². The van der Waals surface area contributed by atoms with E-state index >= 15 is 0 Å². The summed E-state index contributed by atoms with van der Waals surface area (Å²) in [4.78, 5) is 1.19. The number of hydrogen-bond acceptors (Lipinski definition) is 5. The molecule has 0 aliphatic carbocycles. The topological polar surface area (TPSA) is 37.8 Å². The number of hydrogen-bond donors (Lipinski definition) is 1. The average Bonchev–Trinajstić information content (AvgIpc) is 2.99. The number of rotatable bonds is 6. The van der Waals surface area contributed by atoms with Gasteiger partial charge in [0.2, 0.25) is 0 Å². The molecule has 1 unspecified atom stereocenters. The van der Waals surface area contributed by atoms with Gasteiger partial charge in [0.1, 0.15) is 5.01 Å². The largest absolute Gasteiger partial charge is 0.308 e. The first-order valence-electron chi connectivity index (χ1n) is 6.48. The molecule has 0 aliphatic rings. The summed E-state index contributed by atoms with van der Waals surface area (Å²) < 4.78 is 1.18. The summed E-state index contributed by atoms with van der Waals surface area (Å²) in [5, 5.41) is 14.3. The number of aryl methyl sites for hydroxylation is 1. The van der Waals surface area contributed by atoms with Crippen LogP contribution in [0.3, 0.4) is 0 Å². The first kappa shape index (κ1) is 15.1. The van der Waals surface area contributed by atoms with Gasteiger partial charge in [0, 0.05) is 0 Å². The molecule has 1 atom stereocenters. The highest BCUT2D eigenvalue weighted by Crippen LogP contribution is 2.37. The van der Waals surface area contributed by atoms with Crippen molar-refractivity contribution in [3.63, 3.8) is 0 Å². The maximum Gasteiger partial charge on any atom is 0.157 e. The molecule has 0 saturated carbocycles. The predicted molar refractivity (Wildman–Crippen MR) is 87.0 cm³/mol. The number of nitrogens with one attached hydrogen (secondary N) is 1. The van der Waals surface area contributed by atoms with Gasteiger partial charge < -0.3 is 5.32 Å². The quantitative estimate of drug-likeness (QED) is 0.805. The molecule has 0 radical (unpaired) electrons. The molecule has 0 fully saturated rings. The van der Waals surface area contributed by atoms with E-state index in [1.54, 1.807) is 22.7 Å². The van der Waals surface area contributed by atoms with Crippen molar-refractivity contribution in [3.05, 3.63) is 20.4 Å². The van der Waals surface area contributed by atoms with Gasteiger partial charge in [-0.1, -0.05) is 25.2 Å². The molecule has 0 saturated heterocycles. The molecule has 2 rings (SSSR count). The Kier molecular flexibility index (Phi) is 5.50. The van der Waals surface area contributed by atoms with E-state index in [4.69, 9.17) is 0 Å². The molecule has 0 bridgehead atoms. The molecule has 0 aliphatic heterocycles. The van der Waals surface area contributed by atoms with E-state index in [1.807, 2.05) is 0 Å². The van der Waals surface area contributed by atoms with Gasteiger partial charge in [-0.15, -0.1) is 21.5 Å². The summed E-state index contributed by atoms with van der Waals surface area (Å²) in [6.45, 7) is 7.48. The van der Waals surface area contributed by atoms with Crippen molar-refractivity contribution in [3.8, 4) is 9.88 Å². The Bertz CT molecular complexity index is 516. The normalized spacial score (nSPS) is 12.8. The minimum Gasteiger partial charge on any atom is -0.308 e. The third-order valence-electron chi connectivity index (χ3n) is 2.86. The van der Waals surface area contributed by atoms with Crippen molar-refractivity contribution in [2.75, 3.05) is 6.54 Å². The Labute approximate surface area is 130 Å². The molecule has 1 N–H and O–H groups in total. The number of halogens is 1. The maximum absolute atomic E-state index is 4.35. The van der Waals surface area contributed by atoms with Crippen LogP contribution in [0.1, 0.15) is 43.3 Å². The van der Waals surface area contributed by atoms with Crippen molar-refractivity contribution in [1.29, 1.82) is 0 Å². The second-order valence-corrected chi connectivity index (χ2v) is 7.81. The molecule has 2 aromatic heterocycles. The summed E-state index contributed by atoms with van der Waals surface area (Å²) in [5.74, 6) is 0. The highest BCUT2D eigenvalue weighted by atomic mass is 79.9. The minimum atomic E-state index is 0.329. The zero-order valence-corrected chi connectivity index (χ0v) is 14.6. The molecule has 2 aromatic rings. The van der Waals surface area contributed by atoms with E-state index in [0.717, 1.165) is 29.4 Å². The molecule has 6 heteroatoms. The first-order valence-corrected chi connectivity index (χ1v) is 8.91. The average molecular weight is 360 g/mol. The van der Waals surface area contributed by atoms with Crippen LogP contribution in [0, 0.1) is 6.92 Å². The van der Waals surface area contributed by atoms with Crippen molar-refractivity contribution < 1.29 is 0 Å². The van der Waals surface area contributed by atoms with Crippen molar-refractivity contribution in [1.82, 2.24) is 15.5 Å². The number of aromatic nitrogens is 2. The van der Waals surface area contributed by atoms with E-state index < -0.39 is 0 Å². The highest BCUT2D eigenvalue weighted by Gasteiger charge is 2.16. The smallest absolute Gasteiger partial charge is 0.157 e. The van der Waals surface area contributed by atoms with Crippen LogP contribution in [0.25, 0.3) is 9.88 Å². The zero-order chi connectivity index (χ0) is 13.8. The van der Waals surface area contributed by atoms with E-state index in [0.29, 0.717) is 6.04 Å². The third-order valence-corrected chi connectivity index (χ3v) is 6.20. The Hall–Kier alpha value is -0.300. The van der Waals surface area contributed by atoms with Gasteiger partial charge in [-0.25, -0.2) is 0 Å². The fraction of sp³-hybridized carbons (Fsp3) is 0.538. The number of thiophene rings is 1. The molecule has 0 amide bonds. The van der Waals surface area contributed by atoms with E-state index in [9.17, 15) is 0 Å². The predicted octanol–water partition coefficient (Wildman–Crippen LogP) is 4.79. The highest BCUT2D eigenvalue weighted by molar-refractivity contribution is 9.11. The van der Waals surface area contributed by atoms with Crippen molar-refractivity contribution in [2.45, 2.75) is 39.7 Å². The van der Waals surface area contributed by atoms with Crippen LogP contribution < -0.4 is 5.32 Å². The van der Waals surface area contributed by atoms with Crippen LogP contribution in [-0.2, 0) is 0 Å². The van der Waals surface area contributed by atoms with Crippen molar-refractivity contribution in [2.24, 2.45) is 0 Å². The second kappa shape index (κ2) is 6.92. The lowest BCUT2D eigenvalue weighted by atomic mass is 10.2. The van der Waals surface area contributed by atoms with Crippen molar-refractivity contribution >= 4 is 38.6 Å². The summed E-state index contributed by atoms with van der Waals surface area (Å²) >= 11 is 6.98. The molecule has 2 heterocycles. The van der Waals surface area contributed by atoms with Gasteiger partial charge in [-0.2, -0.15) is 0 Å². The zero-order valence-electron chi connectivity index (χ0n) is 11.4. The lowest BCUT2D eigenvalue weighted by Gasteiger charge is -2.12. The van der Waals surface area contributed by atoms with Crippen LogP contribution in [0.4, 0.5) is 0 Å². The summed E-state index contributed by atoms with van der Waals surface area (Å²) in [7, 11) is 0. The molecule has 0 aromatic carbocycles. The van der Waals surface area contributed by atoms with Crippen LogP contribution in [-0.4, -0.2) is 16.7 Å². The lowest BCUT2D eigenvalue weighted by Crippen LogP contribution is -2.21.